The van der Waals surface area contributed by atoms with Crippen LogP contribution in [-0.4, -0.2) is 26.6 Å². The Balaban J connectivity index is 1.82. The zero-order valence-corrected chi connectivity index (χ0v) is 21.2. The highest BCUT2D eigenvalue weighted by Crippen LogP contribution is 2.26. The van der Waals surface area contributed by atoms with E-state index in [0.717, 1.165) is 9.87 Å². The van der Waals surface area contributed by atoms with Gasteiger partial charge in [-0.25, -0.2) is 13.8 Å². The molecule has 0 saturated heterocycles. The second kappa shape index (κ2) is 10.4. The molecule has 0 radical (unpaired) electrons. The average molecular weight is 498 g/mol. The fourth-order valence-corrected chi connectivity index (χ4v) is 4.87. The second-order valence-corrected chi connectivity index (χ2v) is 11.2. The number of hydrazone groups is 1. The molecule has 1 amide bonds. The number of benzene rings is 3. The Labute approximate surface area is 206 Å². The lowest BCUT2D eigenvalue weighted by Crippen LogP contribution is -2.39. The lowest BCUT2D eigenvalue weighted by Gasteiger charge is -2.24. The minimum absolute atomic E-state index is 0.0336. The number of sulfonamides is 1. The summed E-state index contributed by atoms with van der Waals surface area (Å²) in [5.41, 5.74) is 5.44. The van der Waals surface area contributed by atoms with Gasteiger partial charge in [-0.2, -0.15) is 5.10 Å². The van der Waals surface area contributed by atoms with Gasteiger partial charge in [-0.15, -0.1) is 0 Å². The number of anilines is 1. The van der Waals surface area contributed by atoms with Crippen LogP contribution in [0.5, 0.6) is 0 Å². The van der Waals surface area contributed by atoms with Crippen molar-refractivity contribution >= 4 is 38.9 Å². The number of hydrogen-bond acceptors (Lipinski definition) is 4. The monoisotopic (exact) mass is 497 g/mol. The molecule has 0 heterocycles. The first-order valence-electron chi connectivity index (χ1n) is 10.8. The number of carbonyl (C=O) groups excluding carboxylic acids is 1. The van der Waals surface area contributed by atoms with Crippen molar-refractivity contribution in [3.8, 4) is 0 Å². The van der Waals surface area contributed by atoms with Gasteiger partial charge in [-0.05, 0) is 53.8 Å². The molecule has 0 saturated carbocycles. The van der Waals surface area contributed by atoms with E-state index < -0.39 is 22.5 Å². The van der Waals surface area contributed by atoms with Crippen LogP contribution in [0.2, 0.25) is 5.02 Å². The first-order chi connectivity index (χ1) is 16.0. The molecule has 0 aliphatic heterocycles. The number of nitrogens with zero attached hydrogens (tertiary/aromatic N) is 2. The molecule has 1 N–H and O–H groups in total. The van der Waals surface area contributed by atoms with Crippen LogP contribution in [0.3, 0.4) is 0 Å². The van der Waals surface area contributed by atoms with E-state index in [0.29, 0.717) is 10.7 Å². The van der Waals surface area contributed by atoms with Gasteiger partial charge in [0.2, 0.25) is 0 Å². The standard InChI is InChI=1S/C26H28ClN3O3S/c1-19(20-13-15-21(16-14-20)26(2,3)4)28-29-25(31)18-30(23-10-8-9-22(27)17-23)34(32,33)24-11-6-5-7-12-24/h5-17H,18H2,1-4H3,(H,29,31)/b28-19-. The number of halogens is 1. The zero-order valence-electron chi connectivity index (χ0n) is 19.6. The lowest BCUT2D eigenvalue weighted by molar-refractivity contribution is -0.119. The fourth-order valence-electron chi connectivity index (χ4n) is 3.25. The van der Waals surface area contributed by atoms with Crippen molar-refractivity contribution in [2.24, 2.45) is 5.10 Å². The van der Waals surface area contributed by atoms with Gasteiger partial charge in [0.15, 0.2) is 0 Å². The molecule has 0 aliphatic carbocycles. The van der Waals surface area contributed by atoms with Gasteiger partial charge in [0, 0.05) is 5.02 Å². The van der Waals surface area contributed by atoms with E-state index in [1.54, 1.807) is 43.3 Å². The Hall–Kier alpha value is -3.16. The summed E-state index contributed by atoms with van der Waals surface area (Å²) in [6.07, 6.45) is 0. The SMILES string of the molecule is C/C(=N/NC(=O)CN(c1cccc(Cl)c1)S(=O)(=O)c1ccccc1)c1ccc(C(C)(C)C)cc1. The van der Waals surface area contributed by atoms with Gasteiger partial charge in [0.1, 0.15) is 6.54 Å². The molecule has 0 bridgehead atoms. The maximum Gasteiger partial charge on any atom is 0.264 e. The fraction of sp³-hybridized carbons (Fsp3) is 0.231. The molecular formula is C26H28ClN3O3S. The van der Waals surface area contributed by atoms with E-state index in [1.165, 1.54) is 23.8 Å². The molecule has 34 heavy (non-hydrogen) atoms. The highest BCUT2D eigenvalue weighted by atomic mass is 35.5. The summed E-state index contributed by atoms with van der Waals surface area (Å²) in [4.78, 5) is 12.8. The van der Waals surface area contributed by atoms with Crippen LogP contribution in [0, 0.1) is 0 Å². The second-order valence-electron chi connectivity index (χ2n) is 8.86. The number of rotatable bonds is 7. The molecule has 0 atom stereocenters. The topological polar surface area (TPSA) is 78.8 Å². The molecule has 0 unspecified atom stereocenters. The summed E-state index contributed by atoms with van der Waals surface area (Å²) in [5.74, 6) is -0.579. The van der Waals surface area contributed by atoms with Crippen molar-refractivity contribution in [2.75, 3.05) is 10.8 Å². The molecule has 0 aromatic heterocycles. The molecule has 0 fully saturated rings. The molecule has 8 heteroatoms. The third kappa shape index (κ3) is 6.24. The highest BCUT2D eigenvalue weighted by molar-refractivity contribution is 7.92. The summed E-state index contributed by atoms with van der Waals surface area (Å²) in [5, 5.41) is 4.53. The van der Waals surface area contributed by atoms with Crippen LogP contribution < -0.4 is 9.73 Å². The van der Waals surface area contributed by atoms with Gasteiger partial charge < -0.3 is 0 Å². The van der Waals surface area contributed by atoms with Gasteiger partial charge in [0.25, 0.3) is 15.9 Å². The van der Waals surface area contributed by atoms with Crippen LogP contribution >= 0.6 is 11.6 Å². The third-order valence-electron chi connectivity index (χ3n) is 5.23. The molecule has 0 spiro atoms. The summed E-state index contributed by atoms with van der Waals surface area (Å²) < 4.78 is 27.7. The van der Waals surface area contributed by atoms with Crippen molar-refractivity contribution in [3.63, 3.8) is 0 Å². The lowest BCUT2D eigenvalue weighted by atomic mass is 9.86. The Morgan fingerprint density at radius 3 is 2.21 bits per heavy atom. The first-order valence-corrected chi connectivity index (χ1v) is 12.6. The molecular weight excluding hydrogens is 470 g/mol. The minimum Gasteiger partial charge on any atom is -0.271 e. The summed E-state index contributed by atoms with van der Waals surface area (Å²) >= 11 is 6.09. The van der Waals surface area contributed by atoms with Crippen LogP contribution in [-0.2, 0) is 20.2 Å². The summed E-state index contributed by atoms with van der Waals surface area (Å²) in [7, 11) is -4.01. The predicted octanol–water partition coefficient (Wildman–Crippen LogP) is 5.37. The quantitative estimate of drug-likeness (QED) is 0.352. The number of amides is 1. The predicted molar refractivity (Wildman–Crippen MR) is 138 cm³/mol. The molecule has 3 aromatic rings. The maximum atomic E-state index is 13.3. The Kier molecular flexibility index (Phi) is 7.79. The number of nitrogens with one attached hydrogen (secondary N) is 1. The van der Waals surface area contributed by atoms with Crippen molar-refractivity contribution in [1.29, 1.82) is 0 Å². The van der Waals surface area contributed by atoms with Gasteiger partial charge in [-0.1, -0.05) is 80.9 Å². The molecule has 178 valence electrons. The third-order valence-corrected chi connectivity index (χ3v) is 7.25. The molecule has 0 aliphatic rings. The van der Waals surface area contributed by atoms with Crippen LogP contribution in [0.1, 0.15) is 38.8 Å². The van der Waals surface area contributed by atoms with Crippen LogP contribution in [0.15, 0.2) is 88.9 Å². The van der Waals surface area contributed by atoms with Gasteiger partial charge in [-0.3, -0.25) is 9.10 Å². The Morgan fingerprint density at radius 2 is 1.62 bits per heavy atom. The largest absolute Gasteiger partial charge is 0.271 e. The van der Waals surface area contributed by atoms with Crippen molar-refractivity contribution in [2.45, 2.75) is 38.0 Å². The van der Waals surface area contributed by atoms with Crippen molar-refractivity contribution in [1.82, 2.24) is 5.43 Å². The minimum atomic E-state index is -4.01. The number of carbonyl (C=O) groups is 1. The smallest absolute Gasteiger partial charge is 0.264 e. The van der Waals surface area contributed by atoms with E-state index >= 15 is 0 Å². The zero-order chi connectivity index (χ0) is 24.9. The van der Waals surface area contributed by atoms with Crippen molar-refractivity contribution < 1.29 is 13.2 Å². The molecule has 6 nitrogen and oxygen atoms in total. The van der Waals surface area contributed by atoms with Crippen LogP contribution in [0.25, 0.3) is 0 Å². The van der Waals surface area contributed by atoms with Gasteiger partial charge in [0.05, 0.1) is 16.3 Å². The van der Waals surface area contributed by atoms with Crippen LogP contribution in [0.4, 0.5) is 5.69 Å². The van der Waals surface area contributed by atoms with E-state index in [2.05, 4.69) is 31.3 Å². The first kappa shape index (κ1) is 25.5. The average Bonchev–Trinajstić information content (AvgIpc) is 2.81. The van der Waals surface area contributed by atoms with E-state index in [-0.39, 0.29) is 16.0 Å². The summed E-state index contributed by atoms with van der Waals surface area (Å²) in [6.45, 7) is 7.73. The Morgan fingerprint density at radius 1 is 0.971 bits per heavy atom. The summed E-state index contributed by atoms with van der Waals surface area (Å²) in [6, 6.07) is 22.3. The van der Waals surface area contributed by atoms with E-state index in [9.17, 15) is 13.2 Å². The Bertz CT molecular complexity index is 1280. The number of hydrogen-bond donors (Lipinski definition) is 1. The molecule has 3 rings (SSSR count). The highest BCUT2D eigenvalue weighted by Gasteiger charge is 2.27. The maximum absolute atomic E-state index is 13.3. The van der Waals surface area contributed by atoms with Gasteiger partial charge >= 0.3 is 0 Å². The normalized spacial score (nSPS) is 12.3. The van der Waals surface area contributed by atoms with E-state index in [1.807, 2.05) is 24.3 Å². The van der Waals surface area contributed by atoms with E-state index in [4.69, 9.17) is 11.6 Å². The molecule has 3 aromatic carbocycles. The van der Waals surface area contributed by atoms with Crippen molar-refractivity contribution in [3.05, 3.63) is 95.0 Å².